The largest absolute Gasteiger partial charge is 0.497 e. The van der Waals surface area contributed by atoms with Crippen LogP contribution in [0.2, 0.25) is 0 Å². The molecule has 0 unspecified atom stereocenters. The number of anilines is 1. The van der Waals surface area contributed by atoms with E-state index in [1.807, 2.05) is 42.5 Å². The summed E-state index contributed by atoms with van der Waals surface area (Å²) in [5.74, 6) is 3.14. The monoisotopic (exact) mass is 325 g/mol. The van der Waals surface area contributed by atoms with Crippen molar-refractivity contribution in [3.05, 3.63) is 48.8 Å². The van der Waals surface area contributed by atoms with Crippen LogP contribution in [0, 0.1) is 0 Å². The molecule has 6 heteroatoms. The number of nitrogens with one attached hydrogen (secondary N) is 1. The first-order chi connectivity index (χ1) is 11.8. The molecule has 6 nitrogen and oxygen atoms in total. The quantitative estimate of drug-likeness (QED) is 0.673. The van der Waals surface area contributed by atoms with Gasteiger partial charge in [0.05, 0.1) is 26.3 Å². The predicted octanol–water partition coefficient (Wildman–Crippen LogP) is 3.14. The zero-order chi connectivity index (χ0) is 16.8. The first-order valence-electron chi connectivity index (χ1n) is 7.59. The highest BCUT2D eigenvalue weighted by atomic mass is 16.5. The number of benzene rings is 2. The SMILES string of the molecule is COc1ccc(OCCNc2ncnc3ccc(OC)cc23)cc1. The van der Waals surface area contributed by atoms with Crippen molar-refractivity contribution in [1.82, 2.24) is 9.97 Å². The number of nitrogens with zero attached hydrogens (tertiary/aromatic N) is 2. The highest BCUT2D eigenvalue weighted by Gasteiger charge is 2.05. The maximum Gasteiger partial charge on any atom is 0.137 e. The number of ether oxygens (including phenoxy) is 3. The lowest BCUT2D eigenvalue weighted by atomic mass is 10.2. The van der Waals surface area contributed by atoms with E-state index in [1.165, 1.54) is 0 Å². The zero-order valence-electron chi connectivity index (χ0n) is 13.7. The first kappa shape index (κ1) is 15.9. The molecule has 2 aromatic carbocycles. The van der Waals surface area contributed by atoms with Crippen molar-refractivity contribution in [1.29, 1.82) is 0 Å². The first-order valence-corrected chi connectivity index (χ1v) is 7.59. The lowest BCUT2D eigenvalue weighted by Gasteiger charge is -2.10. The second kappa shape index (κ2) is 7.50. The van der Waals surface area contributed by atoms with Crippen LogP contribution >= 0.6 is 0 Å². The fraction of sp³-hybridized carbons (Fsp3) is 0.222. The molecule has 0 amide bonds. The normalized spacial score (nSPS) is 10.4. The van der Waals surface area contributed by atoms with E-state index in [9.17, 15) is 0 Å². The van der Waals surface area contributed by atoms with Crippen LogP contribution in [0.3, 0.4) is 0 Å². The Balaban J connectivity index is 1.61. The molecule has 1 N–H and O–H groups in total. The standard InChI is InChI=1S/C18H19N3O3/c1-22-13-3-5-14(6-4-13)24-10-9-19-18-16-11-15(23-2)7-8-17(16)20-12-21-18/h3-8,11-12H,9-10H2,1-2H3,(H,19,20,21). The Labute approximate surface area is 140 Å². The number of hydrogen-bond acceptors (Lipinski definition) is 6. The van der Waals surface area contributed by atoms with Gasteiger partial charge in [0.2, 0.25) is 0 Å². The summed E-state index contributed by atoms with van der Waals surface area (Å²) in [6.45, 7) is 1.14. The van der Waals surface area contributed by atoms with Crippen molar-refractivity contribution in [2.45, 2.75) is 0 Å². The van der Waals surface area contributed by atoms with Crippen LogP contribution < -0.4 is 19.5 Å². The Hall–Kier alpha value is -3.02. The molecular weight excluding hydrogens is 306 g/mol. The Morgan fingerprint density at radius 3 is 2.33 bits per heavy atom. The molecule has 0 fully saturated rings. The number of methoxy groups -OCH3 is 2. The van der Waals surface area contributed by atoms with Crippen molar-refractivity contribution in [3.63, 3.8) is 0 Å². The molecule has 0 radical (unpaired) electrons. The van der Waals surface area contributed by atoms with Crippen molar-refractivity contribution >= 4 is 16.7 Å². The molecule has 0 spiro atoms. The average molecular weight is 325 g/mol. The third kappa shape index (κ3) is 3.65. The summed E-state index contributed by atoms with van der Waals surface area (Å²) < 4.78 is 16.1. The molecule has 24 heavy (non-hydrogen) atoms. The third-order valence-corrected chi connectivity index (χ3v) is 3.57. The second-order valence-electron chi connectivity index (χ2n) is 5.06. The predicted molar refractivity (Wildman–Crippen MR) is 93.1 cm³/mol. The van der Waals surface area contributed by atoms with Crippen molar-refractivity contribution in [2.24, 2.45) is 0 Å². The molecule has 1 aromatic heterocycles. The molecule has 0 saturated carbocycles. The molecule has 0 saturated heterocycles. The minimum absolute atomic E-state index is 0.516. The van der Waals surface area contributed by atoms with Gasteiger partial charge in [-0.2, -0.15) is 0 Å². The van der Waals surface area contributed by atoms with Crippen molar-refractivity contribution in [3.8, 4) is 17.2 Å². The van der Waals surface area contributed by atoms with Gasteiger partial charge in [-0.25, -0.2) is 9.97 Å². The van der Waals surface area contributed by atoms with Gasteiger partial charge in [-0.1, -0.05) is 0 Å². The number of aromatic nitrogens is 2. The van der Waals surface area contributed by atoms with Crippen molar-refractivity contribution in [2.75, 3.05) is 32.7 Å². The van der Waals surface area contributed by atoms with Gasteiger partial charge in [0, 0.05) is 5.39 Å². The van der Waals surface area contributed by atoms with Crippen LogP contribution in [-0.4, -0.2) is 37.3 Å². The Kier molecular flexibility index (Phi) is 4.96. The Bertz CT molecular complexity index is 806. The summed E-state index contributed by atoms with van der Waals surface area (Å²) in [7, 11) is 3.28. The number of hydrogen-bond donors (Lipinski definition) is 1. The summed E-state index contributed by atoms with van der Waals surface area (Å²) in [6.07, 6.45) is 1.54. The molecule has 124 valence electrons. The van der Waals surface area contributed by atoms with Gasteiger partial charge in [-0.3, -0.25) is 0 Å². The smallest absolute Gasteiger partial charge is 0.137 e. The summed E-state index contributed by atoms with van der Waals surface area (Å²) in [5, 5.41) is 4.19. The van der Waals surface area contributed by atoms with Gasteiger partial charge < -0.3 is 19.5 Å². The Morgan fingerprint density at radius 2 is 1.58 bits per heavy atom. The lowest BCUT2D eigenvalue weighted by molar-refractivity contribution is 0.331. The van der Waals surface area contributed by atoms with E-state index in [4.69, 9.17) is 14.2 Å². The molecule has 1 heterocycles. The summed E-state index contributed by atoms with van der Waals surface area (Å²) in [4.78, 5) is 8.56. The van der Waals surface area contributed by atoms with Crippen LogP contribution in [0.5, 0.6) is 17.2 Å². The van der Waals surface area contributed by atoms with Gasteiger partial charge in [0.15, 0.2) is 0 Å². The molecular formula is C18H19N3O3. The van der Waals surface area contributed by atoms with E-state index < -0.39 is 0 Å². The highest BCUT2D eigenvalue weighted by Crippen LogP contribution is 2.24. The van der Waals surface area contributed by atoms with Gasteiger partial charge in [0.1, 0.15) is 36.0 Å². The number of fused-ring (bicyclic) bond motifs is 1. The van der Waals surface area contributed by atoms with Crippen molar-refractivity contribution < 1.29 is 14.2 Å². The third-order valence-electron chi connectivity index (χ3n) is 3.57. The van der Waals surface area contributed by atoms with Gasteiger partial charge in [-0.15, -0.1) is 0 Å². The summed E-state index contributed by atoms with van der Waals surface area (Å²) in [5.41, 5.74) is 0.865. The van der Waals surface area contributed by atoms with E-state index in [2.05, 4.69) is 15.3 Å². The molecule has 0 aliphatic carbocycles. The minimum Gasteiger partial charge on any atom is -0.497 e. The minimum atomic E-state index is 0.516. The summed E-state index contributed by atoms with van der Waals surface area (Å²) in [6, 6.07) is 13.2. The second-order valence-corrected chi connectivity index (χ2v) is 5.06. The van der Waals surface area contributed by atoms with Crippen LogP contribution in [0.25, 0.3) is 10.9 Å². The topological polar surface area (TPSA) is 65.5 Å². The highest BCUT2D eigenvalue weighted by molar-refractivity contribution is 5.89. The van der Waals surface area contributed by atoms with Gasteiger partial charge in [-0.05, 0) is 42.5 Å². The average Bonchev–Trinajstić information content (AvgIpc) is 2.65. The van der Waals surface area contributed by atoms with E-state index >= 15 is 0 Å². The van der Waals surface area contributed by atoms with Gasteiger partial charge >= 0.3 is 0 Å². The van der Waals surface area contributed by atoms with Crippen LogP contribution in [0.4, 0.5) is 5.82 Å². The fourth-order valence-electron chi connectivity index (χ4n) is 2.31. The molecule has 3 rings (SSSR count). The Morgan fingerprint density at radius 1 is 0.875 bits per heavy atom. The van der Waals surface area contributed by atoms with E-state index in [0.717, 1.165) is 34.0 Å². The maximum atomic E-state index is 5.70. The molecule has 0 aliphatic heterocycles. The van der Waals surface area contributed by atoms with E-state index in [-0.39, 0.29) is 0 Å². The van der Waals surface area contributed by atoms with Gasteiger partial charge in [0.25, 0.3) is 0 Å². The maximum absolute atomic E-state index is 5.70. The molecule has 3 aromatic rings. The number of rotatable bonds is 7. The van der Waals surface area contributed by atoms with Crippen LogP contribution in [0.1, 0.15) is 0 Å². The van der Waals surface area contributed by atoms with E-state index in [1.54, 1.807) is 20.5 Å². The van der Waals surface area contributed by atoms with Crippen LogP contribution in [-0.2, 0) is 0 Å². The fourth-order valence-corrected chi connectivity index (χ4v) is 2.31. The molecule has 0 aliphatic rings. The van der Waals surface area contributed by atoms with E-state index in [0.29, 0.717) is 13.2 Å². The molecule has 0 bridgehead atoms. The zero-order valence-corrected chi connectivity index (χ0v) is 13.7. The molecule has 0 atom stereocenters. The summed E-state index contributed by atoms with van der Waals surface area (Å²) >= 11 is 0. The van der Waals surface area contributed by atoms with Crippen LogP contribution in [0.15, 0.2) is 48.8 Å². The lowest BCUT2D eigenvalue weighted by Crippen LogP contribution is -2.12.